The molecule has 0 spiro atoms. The van der Waals surface area contributed by atoms with Crippen LogP contribution < -0.4 is 10.1 Å². The first-order valence-electron chi connectivity index (χ1n) is 11.4. The van der Waals surface area contributed by atoms with Crippen molar-refractivity contribution in [3.63, 3.8) is 0 Å². The van der Waals surface area contributed by atoms with Gasteiger partial charge in [-0.1, -0.05) is 79.7 Å². The Bertz CT molecular complexity index is 1020. The molecular formula is C28H32N2O3. The van der Waals surface area contributed by atoms with Gasteiger partial charge in [-0.3, -0.25) is 9.59 Å². The molecule has 0 unspecified atom stereocenters. The summed E-state index contributed by atoms with van der Waals surface area (Å²) in [6, 6.07) is 26.3. The second-order valence-electron chi connectivity index (χ2n) is 8.05. The smallest absolute Gasteiger partial charge is 0.261 e. The Kier molecular flexibility index (Phi) is 9.07. The van der Waals surface area contributed by atoms with Crippen LogP contribution in [-0.4, -0.2) is 35.9 Å². The van der Waals surface area contributed by atoms with Crippen LogP contribution in [0.2, 0.25) is 0 Å². The van der Waals surface area contributed by atoms with Crippen molar-refractivity contribution < 1.29 is 14.3 Å². The van der Waals surface area contributed by atoms with Crippen molar-refractivity contribution in [1.82, 2.24) is 10.2 Å². The van der Waals surface area contributed by atoms with E-state index in [4.69, 9.17) is 4.74 Å². The van der Waals surface area contributed by atoms with Crippen LogP contribution in [-0.2, 0) is 22.6 Å². The molecule has 3 aromatic rings. The van der Waals surface area contributed by atoms with E-state index in [0.29, 0.717) is 25.3 Å². The zero-order valence-electron chi connectivity index (χ0n) is 19.4. The van der Waals surface area contributed by atoms with Crippen molar-refractivity contribution in [2.75, 3.05) is 13.2 Å². The monoisotopic (exact) mass is 444 g/mol. The van der Waals surface area contributed by atoms with E-state index in [9.17, 15) is 9.59 Å². The van der Waals surface area contributed by atoms with E-state index in [-0.39, 0.29) is 18.4 Å². The van der Waals surface area contributed by atoms with Crippen LogP contribution in [0.3, 0.4) is 0 Å². The highest BCUT2D eigenvalue weighted by molar-refractivity contribution is 5.88. The van der Waals surface area contributed by atoms with Gasteiger partial charge >= 0.3 is 0 Å². The molecule has 172 valence electrons. The van der Waals surface area contributed by atoms with Crippen molar-refractivity contribution in [1.29, 1.82) is 0 Å². The molecule has 0 heterocycles. The molecule has 5 heteroatoms. The molecule has 0 aliphatic heterocycles. The van der Waals surface area contributed by atoms with Crippen molar-refractivity contribution >= 4 is 11.8 Å². The Morgan fingerprint density at radius 2 is 1.55 bits per heavy atom. The molecule has 3 aromatic carbocycles. The van der Waals surface area contributed by atoms with Crippen LogP contribution in [0.4, 0.5) is 0 Å². The van der Waals surface area contributed by atoms with Crippen LogP contribution in [0.25, 0.3) is 0 Å². The number of benzene rings is 3. The zero-order chi connectivity index (χ0) is 23.5. The maximum absolute atomic E-state index is 13.5. The van der Waals surface area contributed by atoms with E-state index >= 15 is 0 Å². The number of carbonyl (C=O) groups excluding carboxylic acids is 2. The maximum Gasteiger partial charge on any atom is 0.261 e. The summed E-state index contributed by atoms with van der Waals surface area (Å²) in [5.74, 6) is 0.244. The SMILES string of the molecule is CCCNC(=O)[C@@H](Cc1ccccc1)N(Cc1ccccc1C)C(=O)COc1ccccc1. The molecule has 0 radical (unpaired) electrons. The third kappa shape index (κ3) is 7.21. The molecule has 0 saturated heterocycles. The van der Waals surface area contributed by atoms with E-state index in [1.54, 1.807) is 4.90 Å². The number of hydrogen-bond donors (Lipinski definition) is 1. The number of nitrogens with one attached hydrogen (secondary N) is 1. The summed E-state index contributed by atoms with van der Waals surface area (Å²) < 4.78 is 5.76. The van der Waals surface area contributed by atoms with Crippen LogP contribution in [0.1, 0.15) is 30.0 Å². The molecule has 1 N–H and O–H groups in total. The van der Waals surface area contributed by atoms with Crippen LogP contribution in [0.5, 0.6) is 5.75 Å². The van der Waals surface area contributed by atoms with Crippen molar-refractivity contribution in [3.05, 3.63) is 102 Å². The summed E-state index contributed by atoms with van der Waals surface area (Å²) in [5, 5.41) is 2.99. The molecular weight excluding hydrogens is 412 g/mol. The quantitative estimate of drug-likeness (QED) is 0.472. The lowest BCUT2D eigenvalue weighted by molar-refractivity contribution is -0.142. The standard InChI is InChI=1S/C28H32N2O3/c1-3-18-29-28(32)26(19-23-13-6-4-7-14-23)30(20-24-15-11-10-12-22(24)2)27(31)21-33-25-16-8-5-9-17-25/h4-17,26H,3,18-21H2,1-2H3,(H,29,32)/t26-/m1/s1. The average Bonchev–Trinajstić information content (AvgIpc) is 2.85. The molecule has 1 atom stereocenters. The highest BCUT2D eigenvalue weighted by Gasteiger charge is 2.30. The maximum atomic E-state index is 13.5. The molecule has 0 bridgehead atoms. The number of para-hydroxylation sites is 1. The van der Waals surface area contributed by atoms with Gasteiger partial charge < -0.3 is 15.0 Å². The minimum Gasteiger partial charge on any atom is -0.484 e. The predicted molar refractivity (Wildman–Crippen MR) is 131 cm³/mol. The fourth-order valence-corrected chi connectivity index (χ4v) is 3.64. The molecule has 0 fully saturated rings. The van der Waals surface area contributed by atoms with Crippen LogP contribution >= 0.6 is 0 Å². The normalized spacial score (nSPS) is 11.5. The molecule has 2 amide bonds. The minimum absolute atomic E-state index is 0.137. The first kappa shape index (κ1) is 24.1. The first-order valence-corrected chi connectivity index (χ1v) is 11.4. The molecule has 33 heavy (non-hydrogen) atoms. The van der Waals surface area contributed by atoms with Crippen molar-refractivity contribution in [2.45, 2.75) is 39.3 Å². The number of hydrogen-bond acceptors (Lipinski definition) is 3. The average molecular weight is 445 g/mol. The van der Waals surface area contributed by atoms with E-state index in [0.717, 1.165) is 23.1 Å². The minimum atomic E-state index is -0.648. The second-order valence-corrected chi connectivity index (χ2v) is 8.05. The van der Waals surface area contributed by atoms with E-state index in [2.05, 4.69) is 5.32 Å². The molecule has 0 aromatic heterocycles. The van der Waals surface area contributed by atoms with Gasteiger partial charge in [-0.15, -0.1) is 0 Å². The topological polar surface area (TPSA) is 58.6 Å². The summed E-state index contributed by atoms with van der Waals surface area (Å²) in [7, 11) is 0. The molecule has 5 nitrogen and oxygen atoms in total. The largest absolute Gasteiger partial charge is 0.484 e. The molecule has 0 saturated carbocycles. The van der Waals surface area contributed by atoms with Crippen LogP contribution in [0, 0.1) is 6.92 Å². The third-order valence-corrected chi connectivity index (χ3v) is 5.53. The second kappa shape index (κ2) is 12.4. The van der Waals surface area contributed by atoms with Gasteiger partial charge in [0.05, 0.1) is 0 Å². The van der Waals surface area contributed by atoms with E-state index in [1.807, 2.05) is 98.8 Å². The lowest BCUT2D eigenvalue weighted by Crippen LogP contribution is -2.51. The first-order chi connectivity index (χ1) is 16.1. The van der Waals surface area contributed by atoms with Gasteiger partial charge in [0, 0.05) is 19.5 Å². The van der Waals surface area contributed by atoms with Gasteiger partial charge in [0.25, 0.3) is 5.91 Å². The van der Waals surface area contributed by atoms with Gasteiger partial charge in [0.15, 0.2) is 6.61 Å². The lowest BCUT2D eigenvalue weighted by atomic mass is 10.0. The predicted octanol–water partition coefficient (Wildman–Crippen LogP) is 4.54. The lowest BCUT2D eigenvalue weighted by Gasteiger charge is -2.32. The van der Waals surface area contributed by atoms with Crippen LogP contribution in [0.15, 0.2) is 84.9 Å². The van der Waals surface area contributed by atoms with Gasteiger partial charge in [-0.25, -0.2) is 0 Å². The van der Waals surface area contributed by atoms with Gasteiger partial charge in [0.2, 0.25) is 5.91 Å². The number of ether oxygens (including phenoxy) is 1. The molecule has 3 rings (SSSR count). The Hall–Kier alpha value is -3.60. The summed E-state index contributed by atoms with van der Waals surface area (Å²) >= 11 is 0. The van der Waals surface area contributed by atoms with E-state index in [1.165, 1.54) is 0 Å². The summed E-state index contributed by atoms with van der Waals surface area (Å²) in [4.78, 5) is 28.4. The summed E-state index contributed by atoms with van der Waals surface area (Å²) in [6.07, 6.45) is 1.26. The zero-order valence-corrected chi connectivity index (χ0v) is 19.4. The van der Waals surface area contributed by atoms with Crippen molar-refractivity contribution in [2.24, 2.45) is 0 Å². The Labute approximate surface area is 196 Å². The fourth-order valence-electron chi connectivity index (χ4n) is 3.64. The molecule has 0 aliphatic rings. The van der Waals surface area contributed by atoms with Gasteiger partial charge in [0.1, 0.15) is 11.8 Å². The summed E-state index contributed by atoms with van der Waals surface area (Å²) in [6.45, 7) is 4.79. The number of aryl methyl sites for hydroxylation is 1. The van der Waals surface area contributed by atoms with Crippen molar-refractivity contribution in [3.8, 4) is 5.75 Å². The summed E-state index contributed by atoms with van der Waals surface area (Å²) in [5.41, 5.74) is 3.08. The number of nitrogens with zero attached hydrogens (tertiary/aromatic N) is 1. The Morgan fingerprint density at radius 1 is 0.909 bits per heavy atom. The Balaban J connectivity index is 1.89. The highest BCUT2D eigenvalue weighted by Crippen LogP contribution is 2.18. The highest BCUT2D eigenvalue weighted by atomic mass is 16.5. The van der Waals surface area contributed by atoms with Gasteiger partial charge in [-0.05, 0) is 42.2 Å². The fraction of sp³-hybridized carbons (Fsp3) is 0.286. The Morgan fingerprint density at radius 3 is 2.21 bits per heavy atom. The number of rotatable bonds is 11. The third-order valence-electron chi connectivity index (χ3n) is 5.53. The number of carbonyl (C=O) groups is 2. The number of amides is 2. The van der Waals surface area contributed by atoms with E-state index < -0.39 is 6.04 Å². The van der Waals surface area contributed by atoms with Gasteiger partial charge in [-0.2, -0.15) is 0 Å². The molecule has 0 aliphatic carbocycles.